The van der Waals surface area contributed by atoms with Crippen molar-refractivity contribution in [1.29, 1.82) is 0 Å². The minimum absolute atomic E-state index is 0.127. The summed E-state index contributed by atoms with van der Waals surface area (Å²) in [6.07, 6.45) is 1.62. The molecule has 3 aromatic carbocycles. The van der Waals surface area contributed by atoms with Gasteiger partial charge in [-0.2, -0.15) is 0 Å². The summed E-state index contributed by atoms with van der Waals surface area (Å²) in [5.41, 5.74) is 2.90. The first-order chi connectivity index (χ1) is 20.2. The molecule has 2 aliphatic rings. The van der Waals surface area contributed by atoms with E-state index in [-0.39, 0.29) is 19.0 Å². The summed E-state index contributed by atoms with van der Waals surface area (Å²) in [5, 5.41) is 0. The number of alkyl halides is 3. The Hall–Kier alpha value is -3.17. The Balaban J connectivity index is 1.17. The second kappa shape index (κ2) is 13.4. The summed E-state index contributed by atoms with van der Waals surface area (Å²) < 4.78 is 88.0. The maximum Gasteiger partial charge on any atom is 0.573 e. The lowest BCUT2D eigenvalue weighted by atomic mass is 9.77. The van der Waals surface area contributed by atoms with Crippen LogP contribution >= 0.6 is 0 Å². The number of rotatable bonds is 9. The molecule has 0 bridgehead atoms. The second-order valence-electron chi connectivity index (χ2n) is 11.1. The molecule has 0 amide bonds. The fraction of sp³-hybridized carbons (Fsp3) is 0.455. The lowest BCUT2D eigenvalue weighted by Gasteiger charge is -2.30. The van der Waals surface area contributed by atoms with Gasteiger partial charge in [0.2, 0.25) is 0 Å². The van der Waals surface area contributed by atoms with Crippen LogP contribution in [0.15, 0.2) is 60.7 Å². The van der Waals surface area contributed by atoms with Crippen LogP contribution < -0.4 is 9.47 Å². The average molecular weight is 591 g/mol. The van der Waals surface area contributed by atoms with Crippen molar-refractivity contribution >= 4 is 0 Å². The van der Waals surface area contributed by atoms with Crippen LogP contribution in [0.25, 0.3) is 11.1 Å². The van der Waals surface area contributed by atoms with Crippen LogP contribution in [0.4, 0.5) is 22.0 Å². The lowest BCUT2D eigenvalue weighted by molar-refractivity contribution is -0.274. The van der Waals surface area contributed by atoms with Gasteiger partial charge in [-0.15, -0.1) is 13.2 Å². The topological polar surface area (TPSA) is 36.9 Å². The molecule has 0 radical (unpaired) electrons. The molecule has 42 heavy (non-hydrogen) atoms. The van der Waals surface area contributed by atoms with E-state index in [0.29, 0.717) is 23.5 Å². The van der Waals surface area contributed by atoms with Crippen molar-refractivity contribution in [3.8, 4) is 22.6 Å². The van der Waals surface area contributed by atoms with Crippen molar-refractivity contribution in [2.75, 3.05) is 13.2 Å². The number of halogens is 5. The van der Waals surface area contributed by atoms with Gasteiger partial charge in [0.15, 0.2) is 23.7 Å². The summed E-state index contributed by atoms with van der Waals surface area (Å²) in [4.78, 5) is 0. The monoisotopic (exact) mass is 590 g/mol. The number of hydrogen-bond donors (Lipinski definition) is 0. The molecule has 1 aliphatic heterocycles. The minimum atomic E-state index is -4.79. The van der Waals surface area contributed by atoms with Crippen molar-refractivity contribution < 1.29 is 40.9 Å². The van der Waals surface area contributed by atoms with Gasteiger partial charge in [-0.05, 0) is 78.5 Å². The summed E-state index contributed by atoms with van der Waals surface area (Å²) in [6, 6.07) is 15.6. The first kappa shape index (κ1) is 30.3. The fourth-order valence-corrected chi connectivity index (χ4v) is 5.89. The van der Waals surface area contributed by atoms with Gasteiger partial charge in [-0.1, -0.05) is 56.2 Å². The van der Waals surface area contributed by atoms with Crippen molar-refractivity contribution in [2.24, 2.45) is 5.92 Å². The molecule has 3 aromatic rings. The van der Waals surface area contributed by atoms with Crippen LogP contribution in [0, 0.1) is 17.6 Å². The normalized spacial score (nSPS) is 23.0. The van der Waals surface area contributed by atoms with Crippen LogP contribution in [-0.4, -0.2) is 25.7 Å². The Morgan fingerprint density at radius 1 is 0.810 bits per heavy atom. The molecule has 226 valence electrons. The third kappa shape index (κ3) is 7.81. The summed E-state index contributed by atoms with van der Waals surface area (Å²) in [6.45, 7) is 2.39. The maximum atomic E-state index is 15.0. The molecule has 2 unspecified atom stereocenters. The van der Waals surface area contributed by atoms with E-state index in [1.165, 1.54) is 68.4 Å². The minimum Gasteiger partial charge on any atom is -0.485 e. The van der Waals surface area contributed by atoms with Gasteiger partial charge in [0.1, 0.15) is 12.4 Å². The molecule has 1 saturated heterocycles. The zero-order valence-electron chi connectivity index (χ0n) is 23.5. The average Bonchev–Trinajstić information content (AvgIpc) is 2.97. The number of hydrogen-bond acceptors (Lipinski definition) is 4. The molecule has 5 rings (SSSR count). The standard InChI is InChI=1S/C33H35F5O4/c1-2-3-21-4-6-22(7-5-21)23-8-10-24(11-9-23)26-18-29(34)31(30(35)19-26)40-20-28-16-17-39-32(41-28)25-12-14-27(15-13-25)42-33(36,37)38/h8-15,18-19,21-22,28,32H,2-7,16-17,20H2,1H3. The Morgan fingerprint density at radius 2 is 1.45 bits per heavy atom. The number of benzene rings is 3. The van der Waals surface area contributed by atoms with Crippen molar-refractivity contribution in [2.45, 2.75) is 76.5 Å². The zero-order chi connectivity index (χ0) is 29.7. The van der Waals surface area contributed by atoms with E-state index in [4.69, 9.17) is 14.2 Å². The molecular formula is C33H35F5O4. The summed E-state index contributed by atoms with van der Waals surface area (Å²) in [7, 11) is 0. The van der Waals surface area contributed by atoms with E-state index in [1.54, 1.807) is 0 Å². The number of ether oxygens (including phenoxy) is 4. The van der Waals surface area contributed by atoms with Gasteiger partial charge >= 0.3 is 6.36 Å². The Labute approximate surface area is 242 Å². The van der Waals surface area contributed by atoms with Crippen LogP contribution in [0.2, 0.25) is 0 Å². The van der Waals surface area contributed by atoms with Crippen molar-refractivity contribution in [3.63, 3.8) is 0 Å². The molecule has 0 spiro atoms. The van der Waals surface area contributed by atoms with E-state index in [2.05, 4.69) is 23.8 Å². The highest BCUT2D eigenvalue weighted by Gasteiger charge is 2.31. The van der Waals surface area contributed by atoms with E-state index in [9.17, 15) is 22.0 Å². The quantitative estimate of drug-likeness (QED) is 0.233. The maximum absolute atomic E-state index is 15.0. The molecule has 2 atom stereocenters. The molecule has 0 aromatic heterocycles. The molecule has 1 saturated carbocycles. The molecule has 9 heteroatoms. The lowest BCUT2D eigenvalue weighted by Crippen LogP contribution is -2.31. The van der Waals surface area contributed by atoms with Gasteiger partial charge < -0.3 is 18.9 Å². The Kier molecular flexibility index (Phi) is 9.68. The molecule has 1 aliphatic carbocycles. The van der Waals surface area contributed by atoms with Gasteiger partial charge in [0, 0.05) is 12.0 Å². The third-order valence-corrected chi connectivity index (χ3v) is 8.08. The molecule has 0 N–H and O–H groups in total. The third-order valence-electron chi connectivity index (χ3n) is 8.08. The molecule has 2 fully saturated rings. The molecule has 4 nitrogen and oxygen atoms in total. The van der Waals surface area contributed by atoms with E-state index < -0.39 is 36.1 Å². The summed E-state index contributed by atoms with van der Waals surface area (Å²) in [5.74, 6) is -1.11. The van der Waals surface area contributed by atoms with Crippen LogP contribution in [0.1, 0.15) is 75.2 Å². The fourth-order valence-electron chi connectivity index (χ4n) is 5.89. The Bertz CT molecular complexity index is 1280. The first-order valence-corrected chi connectivity index (χ1v) is 14.5. The van der Waals surface area contributed by atoms with Gasteiger partial charge in [-0.25, -0.2) is 8.78 Å². The van der Waals surface area contributed by atoms with E-state index in [1.807, 2.05) is 12.1 Å². The van der Waals surface area contributed by atoms with Crippen LogP contribution in [0.5, 0.6) is 11.5 Å². The van der Waals surface area contributed by atoms with E-state index in [0.717, 1.165) is 23.6 Å². The van der Waals surface area contributed by atoms with Crippen LogP contribution in [-0.2, 0) is 9.47 Å². The first-order valence-electron chi connectivity index (χ1n) is 14.5. The Morgan fingerprint density at radius 3 is 2.07 bits per heavy atom. The second-order valence-corrected chi connectivity index (χ2v) is 11.1. The predicted molar refractivity (Wildman–Crippen MR) is 148 cm³/mol. The SMILES string of the molecule is CCCC1CCC(c2ccc(-c3cc(F)c(OCC4CCOC(c5ccc(OC(F)(F)F)cc5)O4)c(F)c3)cc2)CC1. The highest BCUT2D eigenvalue weighted by Crippen LogP contribution is 2.38. The zero-order valence-corrected chi connectivity index (χ0v) is 23.5. The highest BCUT2D eigenvalue weighted by molar-refractivity contribution is 5.65. The highest BCUT2D eigenvalue weighted by atomic mass is 19.4. The molecule has 1 heterocycles. The van der Waals surface area contributed by atoms with Crippen molar-refractivity contribution in [1.82, 2.24) is 0 Å². The van der Waals surface area contributed by atoms with Gasteiger partial charge in [0.25, 0.3) is 0 Å². The van der Waals surface area contributed by atoms with Gasteiger partial charge in [-0.3, -0.25) is 0 Å². The van der Waals surface area contributed by atoms with Crippen molar-refractivity contribution in [3.05, 3.63) is 83.4 Å². The smallest absolute Gasteiger partial charge is 0.485 e. The molecular weight excluding hydrogens is 555 g/mol. The largest absolute Gasteiger partial charge is 0.573 e. The summed E-state index contributed by atoms with van der Waals surface area (Å²) >= 11 is 0. The van der Waals surface area contributed by atoms with Crippen LogP contribution in [0.3, 0.4) is 0 Å². The van der Waals surface area contributed by atoms with E-state index >= 15 is 0 Å². The predicted octanol–water partition coefficient (Wildman–Crippen LogP) is 9.49. The van der Waals surface area contributed by atoms with Gasteiger partial charge in [0.05, 0.1) is 12.7 Å².